The Balaban J connectivity index is 2.77. The minimum atomic E-state index is -5.83. The summed E-state index contributed by atoms with van der Waals surface area (Å²) in [5.41, 5.74) is -0.773. The number of alkyl halides is 5. The standard InChI is InChI=1S/C18H27F5O4/c1-4-16(2,3)15(25)26-11-13(12-8-6-5-7-9-12)27-14(24)10-17(19,20)18(21,22)23/h12-13H,4-11H2,1-3H3. The summed E-state index contributed by atoms with van der Waals surface area (Å²) in [5.74, 6) is -7.59. The van der Waals surface area contributed by atoms with Crippen LogP contribution in [0.1, 0.15) is 65.7 Å². The fourth-order valence-corrected chi connectivity index (χ4v) is 2.76. The van der Waals surface area contributed by atoms with Gasteiger partial charge in [0.05, 0.1) is 5.41 Å². The maximum absolute atomic E-state index is 13.1. The molecule has 27 heavy (non-hydrogen) atoms. The molecule has 0 radical (unpaired) electrons. The molecule has 0 N–H and O–H groups in total. The lowest BCUT2D eigenvalue weighted by Crippen LogP contribution is -2.41. The van der Waals surface area contributed by atoms with Crippen LogP contribution < -0.4 is 0 Å². The molecule has 4 nitrogen and oxygen atoms in total. The molecule has 0 heterocycles. The Morgan fingerprint density at radius 1 is 1.04 bits per heavy atom. The zero-order chi connectivity index (χ0) is 20.9. The fourth-order valence-electron chi connectivity index (χ4n) is 2.76. The highest BCUT2D eigenvalue weighted by molar-refractivity contribution is 5.76. The second kappa shape index (κ2) is 9.19. The van der Waals surface area contributed by atoms with E-state index in [4.69, 9.17) is 9.47 Å². The first kappa shape index (κ1) is 23.6. The summed E-state index contributed by atoms with van der Waals surface area (Å²) in [6.45, 7) is 4.77. The topological polar surface area (TPSA) is 52.6 Å². The molecule has 158 valence electrons. The van der Waals surface area contributed by atoms with Gasteiger partial charge in [0.2, 0.25) is 0 Å². The first-order valence-electron chi connectivity index (χ1n) is 9.11. The molecule has 0 spiro atoms. The lowest BCUT2D eigenvalue weighted by molar-refractivity contribution is -0.284. The number of carbonyl (C=O) groups is 2. The lowest BCUT2D eigenvalue weighted by Gasteiger charge is -2.31. The Morgan fingerprint density at radius 2 is 1.59 bits per heavy atom. The third-order valence-corrected chi connectivity index (χ3v) is 5.05. The van der Waals surface area contributed by atoms with E-state index < -0.39 is 42.0 Å². The van der Waals surface area contributed by atoms with Crippen molar-refractivity contribution in [2.24, 2.45) is 11.3 Å². The number of esters is 2. The highest BCUT2D eigenvalue weighted by Crippen LogP contribution is 2.38. The molecule has 0 aromatic rings. The van der Waals surface area contributed by atoms with Crippen LogP contribution in [-0.2, 0) is 19.1 Å². The largest absolute Gasteiger partial charge is 0.461 e. The Morgan fingerprint density at radius 3 is 2.07 bits per heavy atom. The first-order chi connectivity index (χ1) is 12.3. The Bertz CT molecular complexity index is 510. The molecule has 1 fully saturated rings. The zero-order valence-corrected chi connectivity index (χ0v) is 15.8. The number of carbonyl (C=O) groups excluding carboxylic acids is 2. The average Bonchev–Trinajstić information content (AvgIpc) is 2.57. The van der Waals surface area contributed by atoms with Crippen LogP contribution >= 0.6 is 0 Å². The molecule has 0 aromatic heterocycles. The van der Waals surface area contributed by atoms with Crippen molar-refractivity contribution in [2.75, 3.05) is 6.61 Å². The predicted molar refractivity (Wildman–Crippen MR) is 87.1 cm³/mol. The van der Waals surface area contributed by atoms with Gasteiger partial charge in [-0.2, -0.15) is 22.0 Å². The van der Waals surface area contributed by atoms with Gasteiger partial charge in [-0.25, -0.2) is 0 Å². The van der Waals surface area contributed by atoms with Crippen molar-refractivity contribution < 1.29 is 41.0 Å². The number of ether oxygens (including phenoxy) is 2. The number of rotatable bonds is 8. The van der Waals surface area contributed by atoms with Gasteiger partial charge in [-0.3, -0.25) is 9.59 Å². The molecule has 1 aliphatic carbocycles. The number of halogens is 5. The van der Waals surface area contributed by atoms with Gasteiger partial charge in [0.15, 0.2) is 0 Å². The van der Waals surface area contributed by atoms with Crippen LogP contribution in [0, 0.1) is 11.3 Å². The summed E-state index contributed by atoms with van der Waals surface area (Å²) in [4.78, 5) is 23.8. The summed E-state index contributed by atoms with van der Waals surface area (Å²) in [6.07, 6.45) is -4.58. The van der Waals surface area contributed by atoms with Crippen molar-refractivity contribution >= 4 is 11.9 Å². The molecule has 1 rings (SSSR count). The third kappa shape index (κ3) is 6.92. The van der Waals surface area contributed by atoms with Crippen LogP contribution in [0.5, 0.6) is 0 Å². The van der Waals surface area contributed by atoms with Crippen LogP contribution in [-0.4, -0.2) is 36.7 Å². The van der Waals surface area contributed by atoms with Crippen molar-refractivity contribution in [1.29, 1.82) is 0 Å². The van der Waals surface area contributed by atoms with Crippen LogP contribution in [0.25, 0.3) is 0 Å². The van der Waals surface area contributed by atoms with Gasteiger partial charge in [0, 0.05) is 0 Å². The molecule has 0 aromatic carbocycles. The smallest absolute Gasteiger partial charge is 0.453 e. The molecule has 0 saturated heterocycles. The summed E-state index contributed by atoms with van der Waals surface area (Å²) in [5, 5.41) is 0. The van der Waals surface area contributed by atoms with E-state index in [1.807, 2.05) is 0 Å². The van der Waals surface area contributed by atoms with E-state index in [-0.39, 0.29) is 12.5 Å². The Kier molecular flexibility index (Phi) is 8.04. The van der Waals surface area contributed by atoms with E-state index in [2.05, 4.69) is 0 Å². The maximum Gasteiger partial charge on any atom is 0.453 e. The van der Waals surface area contributed by atoms with Gasteiger partial charge in [0.25, 0.3) is 0 Å². The number of hydrogen-bond acceptors (Lipinski definition) is 4. The second-order valence-electron chi connectivity index (χ2n) is 7.64. The van der Waals surface area contributed by atoms with E-state index in [9.17, 15) is 31.5 Å². The second-order valence-corrected chi connectivity index (χ2v) is 7.64. The predicted octanol–water partition coefficient (Wildman–Crippen LogP) is 5.05. The molecular weight excluding hydrogens is 375 g/mol. The van der Waals surface area contributed by atoms with Crippen molar-refractivity contribution in [3.8, 4) is 0 Å². The van der Waals surface area contributed by atoms with E-state index >= 15 is 0 Å². The molecule has 1 unspecified atom stereocenters. The molecule has 1 atom stereocenters. The lowest BCUT2D eigenvalue weighted by atomic mass is 9.85. The van der Waals surface area contributed by atoms with Gasteiger partial charge < -0.3 is 9.47 Å². The summed E-state index contributed by atoms with van der Waals surface area (Å²) < 4.78 is 73.1. The third-order valence-electron chi connectivity index (χ3n) is 5.05. The van der Waals surface area contributed by atoms with Crippen LogP contribution in [0.3, 0.4) is 0 Å². The molecule has 1 aliphatic rings. The molecular formula is C18H27F5O4. The van der Waals surface area contributed by atoms with Crippen molar-refractivity contribution in [2.45, 2.75) is 83.9 Å². The van der Waals surface area contributed by atoms with E-state index in [1.165, 1.54) is 0 Å². The minimum Gasteiger partial charge on any atom is -0.461 e. The zero-order valence-electron chi connectivity index (χ0n) is 15.8. The summed E-state index contributed by atoms with van der Waals surface area (Å²) in [6, 6.07) is 0. The molecule has 9 heteroatoms. The maximum atomic E-state index is 13.1. The van der Waals surface area contributed by atoms with E-state index in [0.717, 1.165) is 19.3 Å². The SMILES string of the molecule is CCC(C)(C)C(=O)OCC(OC(=O)CC(F)(F)C(F)(F)F)C1CCCCC1. The normalized spacial score (nSPS) is 18.1. The average molecular weight is 402 g/mol. The fraction of sp³-hybridized carbons (Fsp3) is 0.889. The highest BCUT2D eigenvalue weighted by atomic mass is 19.4. The monoisotopic (exact) mass is 402 g/mol. The van der Waals surface area contributed by atoms with Gasteiger partial charge >= 0.3 is 24.0 Å². The van der Waals surface area contributed by atoms with Crippen molar-refractivity contribution in [3.05, 3.63) is 0 Å². The van der Waals surface area contributed by atoms with Crippen molar-refractivity contribution in [1.82, 2.24) is 0 Å². The minimum absolute atomic E-state index is 0.236. The Labute approximate surface area is 155 Å². The van der Waals surface area contributed by atoms with Crippen LogP contribution in [0.4, 0.5) is 22.0 Å². The van der Waals surface area contributed by atoms with Crippen LogP contribution in [0.2, 0.25) is 0 Å². The van der Waals surface area contributed by atoms with Gasteiger partial charge in [0.1, 0.15) is 19.1 Å². The van der Waals surface area contributed by atoms with Crippen molar-refractivity contribution in [3.63, 3.8) is 0 Å². The Hall–Kier alpha value is -1.41. The van der Waals surface area contributed by atoms with Crippen LogP contribution in [0.15, 0.2) is 0 Å². The summed E-state index contributed by atoms with van der Waals surface area (Å²) >= 11 is 0. The quantitative estimate of drug-likeness (QED) is 0.421. The molecule has 1 saturated carbocycles. The van der Waals surface area contributed by atoms with E-state index in [1.54, 1.807) is 20.8 Å². The van der Waals surface area contributed by atoms with Gasteiger partial charge in [-0.1, -0.05) is 26.2 Å². The molecule has 0 aliphatic heterocycles. The summed E-state index contributed by atoms with van der Waals surface area (Å²) in [7, 11) is 0. The molecule has 0 amide bonds. The highest BCUT2D eigenvalue weighted by Gasteiger charge is 2.59. The number of hydrogen-bond donors (Lipinski definition) is 0. The van der Waals surface area contributed by atoms with Gasteiger partial charge in [-0.05, 0) is 39.0 Å². The molecule has 0 bridgehead atoms. The first-order valence-corrected chi connectivity index (χ1v) is 9.11. The van der Waals surface area contributed by atoms with Gasteiger partial charge in [-0.15, -0.1) is 0 Å². The van der Waals surface area contributed by atoms with E-state index in [0.29, 0.717) is 19.3 Å².